The Kier molecular flexibility index (Phi) is 6.21. The molecule has 0 aliphatic heterocycles. The van der Waals surface area contributed by atoms with Crippen molar-refractivity contribution in [3.8, 4) is 5.69 Å². The highest BCUT2D eigenvalue weighted by molar-refractivity contribution is 9.10. The molecule has 1 aromatic carbocycles. The average molecular weight is 477 g/mol. The first-order chi connectivity index (χ1) is 14.1. The Morgan fingerprint density at radius 2 is 2.03 bits per heavy atom. The van der Waals surface area contributed by atoms with E-state index in [0.29, 0.717) is 16.6 Å². The highest BCUT2D eigenvalue weighted by Gasteiger charge is 2.28. The molecule has 0 spiro atoms. The molecule has 0 saturated carbocycles. The van der Waals surface area contributed by atoms with E-state index >= 15 is 0 Å². The lowest BCUT2D eigenvalue weighted by Gasteiger charge is -2.28. The molecule has 2 heterocycles. The number of anilines is 1. The number of halogens is 2. The Bertz CT molecular complexity index is 1140. The number of pyridine rings is 1. The molecule has 0 unspecified atom stereocenters. The maximum absolute atomic E-state index is 14.6. The molecule has 3 rings (SSSR count). The number of hydrogen-bond donors (Lipinski definition) is 0. The largest absolute Gasteiger partial charge is 0.443 e. The van der Waals surface area contributed by atoms with E-state index in [1.807, 2.05) is 6.92 Å². The van der Waals surface area contributed by atoms with Crippen molar-refractivity contribution >= 4 is 38.9 Å². The van der Waals surface area contributed by atoms with Gasteiger partial charge >= 0.3 is 6.09 Å². The summed E-state index contributed by atoms with van der Waals surface area (Å²) in [5, 5.41) is 0.0724. The van der Waals surface area contributed by atoms with Crippen LogP contribution in [0.2, 0.25) is 0 Å². The van der Waals surface area contributed by atoms with Crippen LogP contribution in [0.15, 0.2) is 45.9 Å². The van der Waals surface area contributed by atoms with Gasteiger partial charge in [-0.2, -0.15) is 0 Å². The van der Waals surface area contributed by atoms with Gasteiger partial charge in [-0.15, -0.1) is 0 Å². The van der Waals surface area contributed by atoms with Crippen LogP contribution in [0, 0.1) is 5.82 Å². The summed E-state index contributed by atoms with van der Waals surface area (Å²) < 4.78 is 21.8. The second-order valence-electron chi connectivity index (χ2n) is 7.65. The summed E-state index contributed by atoms with van der Waals surface area (Å²) >= 11 is 3.31. The summed E-state index contributed by atoms with van der Waals surface area (Å²) in [6.07, 6.45) is 2.94. The molecular weight excluding hydrogens is 455 g/mol. The number of rotatable bonds is 4. The number of aromatic nitrogens is 3. The van der Waals surface area contributed by atoms with Gasteiger partial charge in [-0.1, -0.05) is 6.92 Å². The van der Waals surface area contributed by atoms with Gasteiger partial charge in [-0.25, -0.2) is 23.6 Å². The van der Waals surface area contributed by atoms with Crippen molar-refractivity contribution < 1.29 is 13.9 Å². The summed E-state index contributed by atoms with van der Waals surface area (Å²) in [5.41, 5.74) is -1.02. The molecule has 0 N–H and O–H groups in total. The van der Waals surface area contributed by atoms with Crippen molar-refractivity contribution in [2.24, 2.45) is 0 Å². The summed E-state index contributed by atoms with van der Waals surface area (Å²) in [4.78, 5) is 36.1. The molecule has 0 aliphatic carbocycles. The first-order valence-corrected chi connectivity index (χ1v) is 10.2. The van der Waals surface area contributed by atoms with E-state index in [1.54, 1.807) is 39.1 Å². The van der Waals surface area contributed by atoms with E-state index in [-0.39, 0.29) is 23.4 Å². The van der Waals surface area contributed by atoms with Crippen molar-refractivity contribution in [1.82, 2.24) is 14.5 Å². The summed E-state index contributed by atoms with van der Waals surface area (Å²) in [6.45, 7) is 7.33. The van der Waals surface area contributed by atoms with Crippen LogP contribution in [0.25, 0.3) is 16.6 Å². The van der Waals surface area contributed by atoms with Gasteiger partial charge in [0.05, 0.1) is 17.3 Å². The third-order valence-electron chi connectivity index (χ3n) is 4.11. The lowest BCUT2D eigenvalue weighted by Crippen LogP contribution is -2.41. The summed E-state index contributed by atoms with van der Waals surface area (Å²) in [6, 6.07) is 5.99. The number of hydrogen-bond acceptors (Lipinski definition) is 5. The average Bonchev–Trinajstić information content (AvgIpc) is 2.68. The lowest BCUT2D eigenvalue weighted by atomic mass is 10.2. The predicted octanol–water partition coefficient (Wildman–Crippen LogP) is 4.83. The van der Waals surface area contributed by atoms with E-state index < -0.39 is 23.1 Å². The zero-order valence-corrected chi connectivity index (χ0v) is 18.7. The molecule has 0 aliphatic rings. The van der Waals surface area contributed by atoms with E-state index in [2.05, 4.69) is 25.9 Å². The van der Waals surface area contributed by atoms with Crippen LogP contribution < -0.4 is 10.5 Å². The summed E-state index contributed by atoms with van der Waals surface area (Å²) in [5.74, 6) is -0.695. The molecule has 7 nitrogen and oxygen atoms in total. The minimum absolute atomic E-state index is 0.0337. The quantitative estimate of drug-likeness (QED) is 0.538. The zero-order chi connectivity index (χ0) is 22.1. The van der Waals surface area contributed by atoms with Gasteiger partial charge in [-0.05, 0) is 67.4 Å². The molecule has 0 radical (unpaired) electrons. The maximum atomic E-state index is 14.6. The van der Waals surface area contributed by atoms with Crippen LogP contribution in [0.4, 0.5) is 15.1 Å². The SMILES string of the molecule is CCCN(C(=O)OC(C)(C)C)c1nc2c(F)ccc(Br)c2c(=O)n1-c1cccnc1. The second-order valence-corrected chi connectivity index (χ2v) is 8.50. The van der Waals surface area contributed by atoms with Crippen molar-refractivity contribution in [2.75, 3.05) is 11.4 Å². The Morgan fingerprint density at radius 3 is 2.63 bits per heavy atom. The number of carbonyl (C=O) groups is 1. The molecule has 9 heteroatoms. The third kappa shape index (κ3) is 4.35. The minimum Gasteiger partial charge on any atom is -0.443 e. The Hall–Kier alpha value is -2.81. The zero-order valence-electron chi connectivity index (χ0n) is 17.1. The highest BCUT2D eigenvalue weighted by atomic mass is 79.9. The van der Waals surface area contributed by atoms with Crippen molar-refractivity contribution in [1.29, 1.82) is 0 Å². The van der Waals surface area contributed by atoms with Crippen LogP contribution in [0.3, 0.4) is 0 Å². The summed E-state index contributed by atoms with van der Waals surface area (Å²) in [7, 11) is 0. The Labute approximate surface area is 181 Å². The van der Waals surface area contributed by atoms with E-state index in [9.17, 15) is 14.0 Å². The molecule has 158 valence electrons. The third-order valence-corrected chi connectivity index (χ3v) is 4.77. The van der Waals surface area contributed by atoms with Gasteiger partial charge in [0.1, 0.15) is 16.9 Å². The van der Waals surface area contributed by atoms with Crippen molar-refractivity contribution in [3.63, 3.8) is 0 Å². The second kappa shape index (κ2) is 8.51. The van der Waals surface area contributed by atoms with Crippen LogP contribution >= 0.6 is 15.9 Å². The van der Waals surface area contributed by atoms with Gasteiger partial charge in [0.25, 0.3) is 5.56 Å². The smallest absolute Gasteiger partial charge is 0.417 e. The molecule has 0 atom stereocenters. The van der Waals surface area contributed by atoms with E-state index in [1.165, 1.54) is 27.8 Å². The van der Waals surface area contributed by atoms with Gasteiger partial charge in [0, 0.05) is 17.2 Å². The van der Waals surface area contributed by atoms with Crippen molar-refractivity contribution in [3.05, 3.63) is 57.3 Å². The lowest BCUT2D eigenvalue weighted by molar-refractivity contribution is 0.0577. The fraction of sp³-hybridized carbons (Fsp3) is 0.333. The molecule has 30 heavy (non-hydrogen) atoms. The molecule has 0 bridgehead atoms. The van der Waals surface area contributed by atoms with Crippen LogP contribution in [0.1, 0.15) is 34.1 Å². The van der Waals surface area contributed by atoms with Crippen LogP contribution in [-0.4, -0.2) is 32.8 Å². The monoisotopic (exact) mass is 476 g/mol. The van der Waals surface area contributed by atoms with Gasteiger partial charge in [-0.3, -0.25) is 9.78 Å². The van der Waals surface area contributed by atoms with E-state index in [0.717, 1.165) is 0 Å². The minimum atomic E-state index is -0.756. The first-order valence-electron chi connectivity index (χ1n) is 9.45. The predicted molar refractivity (Wildman–Crippen MR) is 117 cm³/mol. The number of benzene rings is 1. The standard InChI is InChI=1S/C21H22BrFN4O3/c1-5-11-26(20(29)30-21(2,3)4)19-25-17-15(23)9-8-14(22)16(17)18(28)27(19)13-7-6-10-24-12-13/h6-10,12H,5,11H2,1-4H3. The van der Waals surface area contributed by atoms with Gasteiger partial charge in [0.2, 0.25) is 5.95 Å². The molecule has 1 amide bonds. The fourth-order valence-corrected chi connectivity index (χ4v) is 3.41. The first kappa shape index (κ1) is 21.9. The number of carbonyl (C=O) groups excluding carboxylic acids is 1. The van der Waals surface area contributed by atoms with E-state index in [4.69, 9.17) is 4.74 Å². The van der Waals surface area contributed by atoms with Gasteiger partial charge in [0.15, 0.2) is 0 Å². The molecule has 0 fully saturated rings. The maximum Gasteiger partial charge on any atom is 0.417 e. The van der Waals surface area contributed by atoms with Gasteiger partial charge < -0.3 is 4.74 Å². The molecule has 2 aromatic heterocycles. The topological polar surface area (TPSA) is 77.3 Å². The number of nitrogens with zero attached hydrogens (tertiary/aromatic N) is 4. The molecule has 3 aromatic rings. The number of amides is 1. The fourth-order valence-electron chi connectivity index (χ4n) is 2.92. The number of ether oxygens (including phenoxy) is 1. The molecular formula is C21H22BrFN4O3. The Morgan fingerprint density at radius 1 is 1.30 bits per heavy atom. The van der Waals surface area contributed by atoms with Crippen LogP contribution in [0.5, 0.6) is 0 Å². The number of fused-ring (bicyclic) bond motifs is 1. The highest BCUT2D eigenvalue weighted by Crippen LogP contribution is 2.27. The normalized spacial score (nSPS) is 11.5. The molecule has 0 saturated heterocycles. The Balaban J connectivity index is 2.37. The van der Waals surface area contributed by atoms with Crippen molar-refractivity contribution in [2.45, 2.75) is 39.7 Å². The van der Waals surface area contributed by atoms with Crippen LogP contribution in [-0.2, 0) is 4.74 Å².